The van der Waals surface area contributed by atoms with Crippen molar-refractivity contribution in [3.63, 3.8) is 0 Å². The second-order valence-corrected chi connectivity index (χ2v) is 7.03. The van der Waals surface area contributed by atoms with Crippen molar-refractivity contribution in [2.24, 2.45) is 0 Å². The van der Waals surface area contributed by atoms with E-state index in [2.05, 4.69) is 0 Å². The average molecular weight is 465 g/mol. The highest BCUT2D eigenvalue weighted by molar-refractivity contribution is 5.88. The van der Waals surface area contributed by atoms with Crippen LogP contribution >= 0.6 is 0 Å². The molecule has 0 spiro atoms. The fourth-order valence-corrected chi connectivity index (χ4v) is 2.94. The maximum atomic E-state index is 11.0. The molecule has 0 radical (unpaired) electrons. The van der Waals surface area contributed by atoms with Crippen molar-refractivity contribution in [3.8, 4) is 40.1 Å². The molecular weight excluding hydrogens is 444 g/mol. The van der Waals surface area contributed by atoms with Gasteiger partial charge in [-0.15, -0.1) is 0 Å². The van der Waals surface area contributed by atoms with Crippen LogP contribution in [-0.4, -0.2) is 78.2 Å². The third kappa shape index (κ3) is 5.05. The van der Waals surface area contributed by atoms with Crippen molar-refractivity contribution < 1.29 is 59.8 Å². The molecule has 2 aromatic carbocycles. The lowest BCUT2D eigenvalue weighted by Gasteiger charge is -2.25. The van der Waals surface area contributed by atoms with Crippen LogP contribution in [0.4, 0.5) is 0 Å². The first-order valence-corrected chi connectivity index (χ1v) is 9.45. The number of benzene rings is 2. The van der Waals surface area contributed by atoms with Gasteiger partial charge in [0.1, 0.15) is 35.2 Å². The number of aliphatic hydroxyl groups excluding tert-OH is 4. The number of phenolic OH excluding ortho intramolecular Hbond substituents is 4. The fourth-order valence-electron chi connectivity index (χ4n) is 2.94. The number of aldehydes is 1. The molecule has 0 aliphatic heterocycles. The van der Waals surface area contributed by atoms with Crippen molar-refractivity contribution in [1.82, 2.24) is 0 Å². The molecule has 0 saturated heterocycles. The fraction of sp³-hybridized carbons (Fsp3) is 0.238. The maximum Gasteiger partial charge on any atom is 0.406 e. The predicted octanol–water partition coefficient (Wildman–Crippen LogP) is 0.156. The normalized spacial score (nSPS) is 15.0. The van der Waals surface area contributed by atoms with Gasteiger partial charge in [0.25, 0.3) is 5.75 Å². The molecule has 4 atom stereocenters. The molecule has 33 heavy (non-hydrogen) atoms. The third-order valence-electron chi connectivity index (χ3n) is 4.70. The minimum Gasteiger partial charge on any atom is -0.507 e. The van der Waals surface area contributed by atoms with Crippen molar-refractivity contribution in [2.75, 3.05) is 6.61 Å². The lowest BCUT2D eigenvalue weighted by Crippen LogP contribution is -2.48. The number of phenols is 4. The van der Waals surface area contributed by atoms with E-state index in [1.807, 2.05) is 0 Å². The Morgan fingerprint density at radius 2 is 1.67 bits per heavy atom. The summed E-state index contributed by atoms with van der Waals surface area (Å²) >= 11 is 0. The van der Waals surface area contributed by atoms with Crippen LogP contribution in [0.25, 0.3) is 22.3 Å². The molecule has 0 unspecified atom stereocenters. The molecule has 3 aromatic rings. The zero-order valence-electron chi connectivity index (χ0n) is 16.8. The van der Waals surface area contributed by atoms with Crippen LogP contribution in [0, 0.1) is 0 Å². The Labute approximate surface area is 185 Å². The molecular formula is C21H21O12+. The first kappa shape index (κ1) is 24.0. The summed E-state index contributed by atoms with van der Waals surface area (Å²) in [5.41, 5.74) is 0.125. The summed E-state index contributed by atoms with van der Waals surface area (Å²) in [5, 5.41) is 77.9. The first-order valence-electron chi connectivity index (χ1n) is 9.45. The van der Waals surface area contributed by atoms with Crippen LogP contribution in [0.15, 0.2) is 40.8 Å². The molecule has 0 amide bonds. The SMILES string of the molecule is O=C[C@H](O)[C@@H](OOc1cc2c(O)cc(O)cc2[o+]c1-c1ccc(O)c(O)c1)[C@H](O)[C@H](O)CO. The molecule has 12 heteroatoms. The summed E-state index contributed by atoms with van der Waals surface area (Å²) in [6, 6.07) is 6.99. The second kappa shape index (κ2) is 9.85. The van der Waals surface area contributed by atoms with Crippen molar-refractivity contribution in [2.45, 2.75) is 24.4 Å². The summed E-state index contributed by atoms with van der Waals surface area (Å²) in [6.07, 6.45) is -7.53. The van der Waals surface area contributed by atoms with Gasteiger partial charge in [0.05, 0.1) is 18.2 Å². The molecule has 0 aliphatic carbocycles. The topological polar surface area (TPSA) is 209 Å². The zero-order chi connectivity index (χ0) is 24.3. The minimum atomic E-state index is -1.97. The van der Waals surface area contributed by atoms with Crippen LogP contribution in [0.3, 0.4) is 0 Å². The van der Waals surface area contributed by atoms with E-state index in [-0.39, 0.29) is 40.1 Å². The van der Waals surface area contributed by atoms with Gasteiger partial charge >= 0.3 is 11.3 Å². The summed E-state index contributed by atoms with van der Waals surface area (Å²) < 4.78 is 5.68. The molecule has 1 aromatic heterocycles. The number of hydrogen-bond donors (Lipinski definition) is 8. The Kier molecular flexibility index (Phi) is 7.16. The van der Waals surface area contributed by atoms with Gasteiger partial charge < -0.3 is 50.5 Å². The number of aromatic hydroxyl groups is 4. The molecule has 8 N–H and O–H groups in total. The molecule has 0 saturated carbocycles. The highest BCUT2D eigenvalue weighted by Gasteiger charge is 2.36. The van der Waals surface area contributed by atoms with Gasteiger partial charge in [-0.1, -0.05) is 0 Å². The highest BCUT2D eigenvalue weighted by Crippen LogP contribution is 2.41. The average Bonchev–Trinajstić information content (AvgIpc) is 2.79. The summed E-state index contributed by atoms with van der Waals surface area (Å²) in [6.45, 7) is -0.909. The Morgan fingerprint density at radius 3 is 2.30 bits per heavy atom. The lowest BCUT2D eigenvalue weighted by molar-refractivity contribution is -0.291. The number of rotatable bonds is 9. The Bertz CT molecular complexity index is 1150. The molecule has 3 rings (SSSR count). The van der Waals surface area contributed by atoms with Crippen LogP contribution in [-0.2, 0) is 9.68 Å². The van der Waals surface area contributed by atoms with Crippen LogP contribution < -0.4 is 4.89 Å². The van der Waals surface area contributed by atoms with Crippen molar-refractivity contribution in [3.05, 3.63) is 36.4 Å². The van der Waals surface area contributed by atoms with Crippen LogP contribution in [0.1, 0.15) is 0 Å². The number of fused-ring (bicyclic) bond motifs is 1. The smallest absolute Gasteiger partial charge is 0.406 e. The number of carbonyl (C=O) groups excluding carboxylic acids is 1. The standard InChI is InChI=1S/C21H20O12/c22-7-15(28)19(30)21(16(29)8-23)33-32-18-6-11-13(26)4-10(24)5-17(11)31-20(18)9-1-2-12(25)14(27)3-9/h1-6,8,15-16,19,21-22,28-30H,7H2,(H3-,24,25,26,27)/p+1/t15-,16+,19-,21-/m1/s1. The second-order valence-electron chi connectivity index (χ2n) is 7.03. The quantitative estimate of drug-likeness (QED) is 0.0698. The van der Waals surface area contributed by atoms with E-state index in [0.29, 0.717) is 0 Å². The van der Waals surface area contributed by atoms with E-state index in [1.54, 1.807) is 0 Å². The highest BCUT2D eigenvalue weighted by atomic mass is 17.2. The molecule has 0 fully saturated rings. The minimum absolute atomic E-state index is 0.0115. The van der Waals surface area contributed by atoms with E-state index in [4.69, 9.17) is 19.3 Å². The van der Waals surface area contributed by atoms with Crippen LogP contribution in [0.5, 0.6) is 28.7 Å². The van der Waals surface area contributed by atoms with Crippen molar-refractivity contribution >= 4 is 17.3 Å². The zero-order valence-corrected chi connectivity index (χ0v) is 16.8. The van der Waals surface area contributed by atoms with E-state index in [0.717, 1.165) is 18.2 Å². The molecule has 0 aliphatic rings. The largest absolute Gasteiger partial charge is 0.507 e. The monoisotopic (exact) mass is 465 g/mol. The van der Waals surface area contributed by atoms with Gasteiger partial charge in [-0.25, -0.2) is 4.42 Å². The number of hydrogen-bond acceptors (Lipinski definition) is 11. The van der Waals surface area contributed by atoms with E-state index >= 15 is 0 Å². The van der Waals surface area contributed by atoms with Gasteiger partial charge in [0.2, 0.25) is 0 Å². The van der Waals surface area contributed by atoms with E-state index in [1.165, 1.54) is 18.2 Å². The first-order chi connectivity index (χ1) is 15.7. The molecule has 0 bridgehead atoms. The van der Waals surface area contributed by atoms with Gasteiger partial charge in [-0.3, -0.25) is 0 Å². The number of aliphatic hydroxyl groups is 4. The van der Waals surface area contributed by atoms with Gasteiger partial charge in [0.15, 0.2) is 23.9 Å². The van der Waals surface area contributed by atoms with Crippen molar-refractivity contribution in [1.29, 1.82) is 0 Å². The van der Waals surface area contributed by atoms with Gasteiger partial charge in [-0.05, 0) is 12.1 Å². The summed E-state index contributed by atoms with van der Waals surface area (Å²) in [5.74, 6) is -2.10. The third-order valence-corrected chi connectivity index (χ3v) is 4.70. The van der Waals surface area contributed by atoms with Gasteiger partial charge in [0, 0.05) is 18.2 Å². The Morgan fingerprint density at radius 1 is 0.939 bits per heavy atom. The molecule has 176 valence electrons. The summed E-state index contributed by atoms with van der Waals surface area (Å²) in [4.78, 5) is 21.2. The maximum absolute atomic E-state index is 11.0. The van der Waals surface area contributed by atoms with E-state index < -0.39 is 48.3 Å². The molecule has 12 nitrogen and oxygen atoms in total. The van der Waals surface area contributed by atoms with Crippen LogP contribution in [0.2, 0.25) is 0 Å². The number of carbonyl (C=O) groups is 1. The summed E-state index contributed by atoms with van der Waals surface area (Å²) in [7, 11) is 0. The lowest BCUT2D eigenvalue weighted by atomic mass is 10.0. The van der Waals surface area contributed by atoms with Gasteiger partial charge in [-0.2, -0.15) is 4.89 Å². The predicted molar refractivity (Wildman–Crippen MR) is 109 cm³/mol. The van der Waals surface area contributed by atoms with E-state index in [9.17, 15) is 40.5 Å². The Balaban J connectivity index is 2.09. The Hall–Kier alpha value is -3.68. The molecule has 1 heterocycles.